The molecule has 10 nitrogen and oxygen atoms in total. The molecule has 1 atom stereocenters. The molecular weight excluding hydrogens is 570 g/mol. The largest absolute Gasteiger partial charge is 0.486 e. The Morgan fingerprint density at radius 3 is 2.29 bits per heavy atom. The molecule has 0 bridgehead atoms. The van der Waals surface area contributed by atoms with Crippen LogP contribution in [0, 0.1) is 0 Å². The Bertz CT molecular complexity index is 1480. The van der Waals surface area contributed by atoms with Gasteiger partial charge in [0.05, 0.1) is 10.8 Å². The average Bonchev–Trinajstić information content (AvgIpc) is 3.50. The average molecular weight is 604 g/mol. The molecular formula is C29H34ClN3O7S. The van der Waals surface area contributed by atoms with Crippen LogP contribution in [0.3, 0.4) is 0 Å². The molecule has 2 aromatic rings. The van der Waals surface area contributed by atoms with E-state index in [0.717, 1.165) is 11.1 Å². The number of hydrogen-bond acceptors (Lipinski definition) is 7. The predicted octanol–water partition coefficient (Wildman–Crippen LogP) is 3.91. The topological polar surface area (TPSA) is 106 Å². The normalized spacial score (nSPS) is 17.8. The van der Waals surface area contributed by atoms with Crippen molar-refractivity contribution in [2.75, 3.05) is 53.0 Å². The Hall–Kier alpha value is -3.28. The van der Waals surface area contributed by atoms with Gasteiger partial charge in [-0.25, -0.2) is 13.2 Å². The second-order valence-electron chi connectivity index (χ2n) is 11.4. The number of rotatable bonds is 6. The van der Waals surface area contributed by atoms with Gasteiger partial charge in [0.15, 0.2) is 11.5 Å². The van der Waals surface area contributed by atoms with Crippen LogP contribution in [0.1, 0.15) is 32.3 Å². The van der Waals surface area contributed by atoms with Crippen molar-refractivity contribution in [1.29, 1.82) is 0 Å². The fourth-order valence-corrected chi connectivity index (χ4v) is 6.81. The van der Waals surface area contributed by atoms with Crippen LogP contribution in [0.2, 0.25) is 5.02 Å². The number of benzene rings is 2. The van der Waals surface area contributed by atoms with E-state index in [1.165, 1.54) is 21.3 Å². The van der Waals surface area contributed by atoms with Gasteiger partial charge in [0, 0.05) is 50.9 Å². The minimum atomic E-state index is -3.78. The molecule has 0 N–H and O–H groups in total. The number of nitrogens with zero attached hydrogens (tertiary/aromatic N) is 3. The first-order valence-electron chi connectivity index (χ1n) is 13.4. The van der Waals surface area contributed by atoms with Crippen LogP contribution in [0.5, 0.6) is 11.5 Å². The molecule has 0 saturated carbocycles. The fourth-order valence-electron chi connectivity index (χ4n) is 5.16. The monoisotopic (exact) mass is 603 g/mol. The Labute approximate surface area is 245 Å². The zero-order valence-electron chi connectivity index (χ0n) is 23.6. The second kappa shape index (κ2) is 11.2. The zero-order chi connectivity index (χ0) is 29.5. The third kappa shape index (κ3) is 6.32. The van der Waals surface area contributed by atoms with E-state index in [0.29, 0.717) is 48.4 Å². The third-order valence-electron chi connectivity index (χ3n) is 7.17. The first kappa shape index (κ1) is 29.2. The molecule has 3 aliphatic rings. The smallest absolute Gasteiger partial charge is 0.410 e. The lowest BCUT2D eigenvalue weighted by Crippen LogP contribution is -2.43. The lowest BCUT2D eigenvalue weighted by atomic mass is 9.97. The zero-order valence-corrected chi connectivity index (χ0v) is 25.1. The molecule has 0 unspecified atom stereocenters. The van der Waals surface area contributed by atoms with Crippen molar-refractivity contribution < 1.29 is 32.2 Å². The summed E-state index contributed by atoms with van der Waals surface area (Å²) in [5.41, 5.74) is 1.83. The summed E-state index contributed by atoms with van der Waals surface area (Å²) in [7, 11) is -2.18. The van der Waals surface area contributed by atoms with E-state index in [1.807, 2.05) is 6.07 Å². The summed E-state index contributed by atoms with van der Waals surface area (Å²) in [6.45, 7) is 7.28. The summed E-state index contributed by atoms with van der Waals surface area (Å²) >= 11 is 6.25. The standard InChI is InChI=1S/C29H34ClN3O7S/c1-29(2,3)40-28(35)31(4)18-24(19-6-5-7-22(30)12-19)27(34)32-14-20-16-33(17-21(20)15-32)41(36,37)23-8-9-25-26(13-23)39-11-10-38-25/h5-9,12-13,24H,10-11,14-18H2,1-4H3/t24-/m1/s1. The molecule has 0 spiro atoms. The molecule has 0 saturated heterocycles. The van der Waals surface area contributed by atoms with Crippen LogP contribution >= 0.6 is 11.6 Å². The van der Waals surface area contributed by atoms with Gasteiger partial charge in [-0.3, -0.25) is 4.79 Å². The van der Waals surface area contributed by atoms with Crippen LogP contribution in [-0.2, 0) is 19.6 Å². The number of fused-ring (bicyclic) bond motifs is 1. The van der Waals surface area contributed by atoms with E-state index in [9.17, 15) is 18.0 Å². The van der Waals surface area contributed by atoms with Crippen LogP contribution in [0.4, 0.5) is 4.79 Å². The Morgan fingerprint density at radius 2 is 1.66 bits per heavy atom. The molecule has 220 valence electrons. The first-order chi connectivity index (χ1) is 19.3. The van der Waals surface area contributed by atoms with E-state index in [-0.39, 0.29) is 30.4 Å². The number of carbonyl (C=O) groups excluding carboxylic acids is 2. The van der Waals surface area contributed by atoms with Gasteiger partial charge >= 0.3 is 6.09 Å². The van der Waals surface area contributed by atoms with Gasteiger partial charge in [0.2, 0.25) is 15.9 Å². The number of amides is 2. The summed E-state index contributed by atoms with van der Waals surface area (Å²) in [5.74, 6) is 0.0947. The lowest BCUT2D eigenvalue weighted by Gasteiger charge is -2.30. The number of carbonyl (C=O) groups is 2. The van der Waals surface area contributed by atoms with Gasteiger partial charge in [-0.1, -0.05) is 23.7 Å². The maximum Gasteiger partial charge on any atom is 0.410 e. The number of ether oxygens (including phenoxy) is 3. The van der Waals surface area contributed by atoms with Crippen molar-refractivity contribution in [2.24, 2.45) is 0 Å². The Morgan fingerprint density at radius 1 is 1.00 bits per heavy atom. The van der Waals surface area contributed by atoms with Crippen molar-refractivity contribution in [3.8, 4) is 11.5 Å². The van der Waals surface area contributed by atoms with E-state index in [2.05, 4.69) is 0 Å². The highest BCUT2D eigenvalue weighted by molar-refractivity contribution is 7.89. The summed E-state index contributed by atoms with van der Waals surface area (Å²) in [6.07, 6.45) is -0.528. The number of likely N-dealkylation sites (N-methyl/N-ethyl adjacent to an activating group) is 1. The van der Waals surface area contributed by atoms with Crippen LogP contribution in [-0.4, -0.2) is 93.1 Å². The van der Waals surface area contributed by atoms with Crippen molar-refractivity contribution >= 4 is 33.6 Å². The molecule has 41 heavy (non-hydrogen) atoms. The molecule has 0 aliphatic carbocycles. The molecule has 5 rings (SSSR count). The number of hydrogen-bond donors (Lipinski definition) is 0. The summed E-state index contributed by atoms with van der Waals surface area (Å²) in [4.78, 5) is 29.8. The van der Waals surface area contributed by atoms with E-state index < -0.39 is 27.6 Å². The van der Waals surface area contributed by atoms with E-state index >= 15 is 0 Å². The third-order valence-corrected chi connectivity index (χ3v) is 9.19. The molecule has 0 aromatic heterocycles. The highest BCUT2D eigenvalue weighted by atomic mass is 35.5. The molecule has 12 heteroatoms. The SMILES string of the molecule is CN(C[C@@H](C(=O)N1CC2=C(C1)CN(S(=O)(=O)c1ccc3c(c1)OCCO3)C2)c1cccc(Cl)c1)C(=O)OC(C)(C)C. The van der Waals surface area contributed by atoms with Gasteiger partial charge in [0.25, 0.3) is 0 Å². The lowest BCUT2D eigenvalue weighted by molar-refractivity contribution is -0.132. The summed E-state index contributed by atoms with van der Waals surface area (Å²) in [5, 5.41) is 0.488. The minimum absolute atomic E-state index is 0.0971. The summed E-state index contributed by atoms with van der Waals surface area (Å²) in [6, 6.07) is 11.7. The van der Waals surface area contributed by atoms with Crippen LogP contribution < -0.4 is 9.47 Å². The van der Waals surface area contributed by atoms with Crippen LogP contribution in [0.25, 0.3) is 0 Å². The predicted molar refractivity (Wildman–Crippen MR) is 153 cm³/mol. The first-order valence-corrected chi connectivity index (χ1v) is 15.2. The minimum Gasteiger partial charge on any atom is -0.486 e. The van der Waals surface area contributed by atoms with Gasteiger partial charge in [0.1, 0.15) is 18.8 Å². The van der Waals surface area contributed by atoms with Crippen LogP contribution in [0.15, 0.2) is 58.5 Å². The molecule has 0 radical (unpaired) electrons. The van der Waals surface area contributed by atoms with Crippen molar-refractivity contribution in [3.05, 3.63) is 64.2 Å². The Balaban J connectivity index is 1.28. The highest BCUT2D eigenvalue weighted by Gasteiger charge is 2.40. The quantitative estimate of drug-likeness (QED) is 0.461. The molecule has 2 aromatic carbocycles. The Kier molecular flexibility index (Phi) is 7.97. The van der Waals surface area contributed by atoms with Gasteiger partial charge in [-0.15, -0.1) is 0 Å². The van der Waals surface area contributed by atoms with Gasteiger partial charge in [-0.05, 0) is 61.7 Å². The van der Waals surface area contributed by atoms with E-state index in [4.69, 9.17) is 25.8 Å². The second-order valence-corrected chi connectivity index (χ2v) is 13.8. The highest BCUT2D eigenvalue weighted by Crippen LogP contribution is 2.36. The van der Waals surface area contributed by atoms with Gasteiger partial charge < -0.3 is 24.0 Å². The molecule has 3 aliphatic heterocycles. The van der Waals surface area contributed by atoms with Crippen molar-refractivity contribution in [2.45, 2.75) is 37.2 Å². The molecule has 3 heterocycles. The summed E-state index contributed by atoms with van der Waals surface area (Å²) < 4.78 is 44.9. The number of sulfonamides is 1. The number of halogens is 1. The maximum atomic E-state index is 13.9. The van der Waals surface area contributed by atoms with Crippen molar-refractivity contribution in [3.63, 3.8) is 0 Å². The fraction of sp³-hybridized carbons (Fsp3) is 0.448. The van der Waals surface area contributed by atoms with Crippen molar-refractivity contribution in [1.82, 2.24) is 14.1 Å². The molecule has 0 fully saturated rings. The maximum absolute atomic E-state index is 13.9. The van der Waals surface area contributed by atoms with Gasteiger partial charge in [-0.2, -0.15) is 4.31 Å². The molecule has 2 amide bonds. The van der Waals surface area contributed by atoms with E-state index in [1.54, 1.807) is 57.0 Å².